The van der Waals surface area contributed by atoms with E-state index >= 15 is 0 Å². The van der Waals surface area contributed by atoms with Gasteiger partial charge in [-0.2, -0.15) is 5.10 Å². The summed E-state index contributed by atoms with van der Waals surface area (Å²) in [6.07, 6.45) is 1.35. The third-order valence-electron chi connectivity index (χ3n) is 2.59. The van der Waals surface area contributed by atoms with Crippen LogP contribution in [-0.4, -0.2) is 33.2 Å². The van der Waals surface area contributed by atoms with Gasteiger partial charge in [-0.05, 0) is 12.8 Å². The largest absolute Gasteiger partial charge is 0.481 e. The molecule has 0 aliphatic heterocycles. The molecule has 1 aromatic rings. The molecule has 0 fully saturated rings. The molecule has 1 rings (SSSR count). The van der Waals surface area contributed by atoms with E-state index in [2.05, 4.69) is 15.5 Å². The molecule has 0 saturated carbocycles. The monoisotopic (exact) mass is 239 g/mol. The van der Waals surface area contributed by atoms with Crippen LogP contribution in [0.3, 0.4) is 0 Å². The fourth-order valence-corrected chi connectivity index (χ4v) is 1.47. The van der Waals surface area contributed by atoms with Gasteiger partial charge in [-0.1, -0.05) is 13.8 Å². The smallest absolute Gasteiger partial charge is 0.305 e. The Balaban J connectivity index is 2.71. The van der Waals surface area contributed by atoms with Crippen molar-refractivity contribution in [2.24, 2.45) is 5.92 Å². The van der Waals surface area contributed by atoms with Crippen LogP contribution in [0.5, 0.6) is 0 Å². The molecule has 1 amide bonds. The van der Waals surface area contributed by atoms with Gasteiger partial charge in [0.1, 0.15) is 0 Å². The first-order valence-corrected chi connectivity index (χ1v) is 5.44. The van der Waals surface area contributed by atoms with Crippen molar-refractivity contribution in [3.63, 3.8) is 0 Å². The molecular weight excluding hydrogens is 222 g/mol. The van der Waals surface area contributed by atoms with Gasteiger partial charge in [0.05, 0.1) is 18.2 Å². The van der Waals surface area contributed by atoms with Gasteiger partial charge in [-0.15, -0.1) is 0 Å². The standard InChI is InChI=1S/C11H17N3O3/c1-6(2)9(4-10(15)16)13-11(17)8-5-12-14-7(8)3/h5-6,9H,4H2,1-3H3,(H,12,14)(H,13,17)(H,15,16). The van der Waals surface area contributed by atoms with E-state index in [1.165, 1.54) is 6.20 Å². The molecule has 6 nitrogen and oxygen atoms in total. The summed E-state index contributed by atoms with van der Waals surface area (Å²) in [6.45, 7) is 5.48. The van der Waals surface area contributed by atoms with Crippen molar-refractivity contribution in [1.29, 1.82) is 0 Å². The Hall–Kier alpha value is -1.85. The van der Waals surface area contributed by atoms with Crippen LogP contribution >= 0.6 is 0 Å². The minimum absolute atomic E-state index is 0.0576. The quantitative estimate of drug-likeness (QED) is 0.712. The Kier molecular flexibility index (Phi) is 4.25. The van der Waals surface area contributed by atoms with Crippen molar-refractivity contribution in [3.8, 4) is 0 Å². The van der Waals surface area contributed by atoms with Crippen molar-refractivity contribution in [3.05, 3.63) is 17.5 Å². The second-order valence-corrected chi connectivity index (χ2v) is 4.33. The van der Waals surface area contributed by atoms with Crippen molar-refractivity contribution < 1.29 is 14.7 Å². The van der Waals surface area contributed by atoms with E-state index in [-0.39, 0.29) is 24.3 Å². The summed E-state index contributed by atoms with van der Waals surface area (Å²) in [5.41, 5.74) is 1.11. The predicted octanol–water partition coefficient (Wildman–Crippen LogP) is 0.947. The van der Waals surface area contributed by atoms with Crippen LogP contribution in [0.25, 0.3) is 0 Å². The highest BCUT2D eigenvalue weighted by Crippen LogP contribution is 2.09. The number of amides is 1. The van der Waals surface area contributed by atoms with Gasteiger partial charge in [0.2, 0.25) is 0 Å². The van der Waals surface area contributed by atoms with Gasteiger partial charge < -0.3 is 10.4 Å². The lowest BCUT2D eigenvalue weighted by Crippen LogP contribution is -2.40. The number of hydrogen-bond donors (Lipinski definition) is 3. The lowest BCUT2D eigenvalue weighted by molar-refractivity contribution is -0.137. The van der Waals surface area contributed by atoms with E-state index in [1.807, 2.05) is 13.8 Å². The maximum Gasteiger partial charge on any atom is 0.305 e. The molecule has 1 aromatic heterocycles. The average Bonchev–Trinajstić information content (AvgIpc) is 2.62. The number of H-pyrrole nitrogens is 1. The Morgan fingerprint density at radius 1 is 1.53 bits per heavy atom. The minimum atomic E-state index is -0.923. The number of nitrogens with zero attached hydrogens (tertiary/aromatic N) is 1. The molecule has 0 spiro atoms. The molecule has 6 heteroatoms. The molecular formula is C11H17N3O3. The summed E-state index contributed by atoms with van der Waals surface area (Å²) in [4.78, 5) is 22.5. The number of aromatic amines is 1. The summed E-state index contributed by atoms with van der Waals surface area (Å²) in [6, 6.07) is -0.380. The number of hydrogen-bond acceptors (Lipinski definition) is 3. The normalized spacial score (nSPS) is 12.5. The molecule has 0 aliphatic carbocycles. The Bertz CT molecular complexity index is 412. The zero-order valence-corrected chi connectivity index (χ0v) is 10.2. The first kappa shape index (κ1) is 13.2. The lowest BCUT2D eigenvalue weighted by atomic mass is 10.0. The Morgan fingerprint density at radius 2 is 2.18 bits per heavy atom. The van der Waals surface area contributed by atoms with Gasteiger partial charge >= 0.3 is 5.97 Å². The van der Waals surface area contributed by atoms with E-state index in [1.54, 1.807) is 6.92 Å². The van der Waals surface area contributed by atoms with E-state index in [4.69, 9.17) is 5.11 Å². The zero-order valence-electron chi connectivity index (χ0n) is 10.2. The summed E-state index contributed by atoms with van der Waals surface area (Å²) >= 11 is 0. The molecule has 0 saturated heterocycles. The third kappa shape index (κ3) is 3.58. The van der Waals surface area contributed by atoms with Crippen molar-refractivity contribution >= 4 is 11.9 Å². The van der Waals surface area contributed by atoms with Crippen LogP contribution in [0.15, 0.2) is 6.20 Å². The Labute approximate surface area is 99.4 Å². The highest BCUT2D eigenvalue weighted by molar-refractivity contribution is 5.95. The third-order valence-corrected chi connectivity index (χ3v) is 2.59. The molecule has 1 heterocycles. The predicted molar refractivity (Wildman–Crippen MR) is 61.7 cm³/mol. The van der Waals surface area contributed by atoms with Crippen LogP contribution in [0, 0.1) is 12.8 Å². The zero-order chi connectivity index (χ0) is 13.0. The first-order valence-electron chi connectivity index (χ1n) is 5.44. The topological polar surface area (TPSA) is 95.1 Å². The molecule has 0 aromatic carbocycles. The Morgan fingerprint density at radius 3 is 2.59 bits per heavy atom. The summed E-state index contributed by atoms with van der Waals surface area (Å²) < 4.78 is 0. The number of carbonyl (C=O) groups excluding carboxylic acids is 1. The van der Waals surface area contributed by atoms with Crippen molar-refractivity contribution in [1.82, 2.24) is 15.5 Å². The van der Waals surface area contributed by atoms with Gasteiger partial charge in [0.25, 0.3) is 5.91 Å². The van der Waals surface area contributed by atoms with Crippen LogP contribution in [0.2, 0.25) is 0 Å². The number of carboxylic acids is 1. The number of aromatic nitrogens is 2. The van der Waals surface area contributed by atoms with Gasteiger partial charge in [0.15, 0.2) is 0 Å². The number of nitrogens with one attached hydrogen (secondary N) is 2. The number of rotatable bonds is 5. The first-order chi connectivity index (χ1) is 7.91. The van der Waals surface area contributed by atoms with Crippen LogP contribution in [-0.2, 0) is 4.79 Å². The molecule has 1 atom stereocenters. The lowest BCUT2D eigenvalue weighted by Gasteiger charge is -2.20. The number of carbonyl (C=O) groups is 2. The van der Waals surface area contributed by atoms with Crippen LogP contribution in [0.4, 0.5) is 0 Å². The molecule has 0 radical (unpaired) electrons. The van der Waals surface area contributed by atoms with Crippen molar-refractivity contribution in [2.75, 3.05) is 0 Å². The van der Waals surface area contributed by atoms with Gasteiger partial charge in [0, 0.05) is 11.7 Å². The molecule has 17 heavy (non-hydrogen) atoms. The summed E-state index contributed by atoms with van der Waals surface area (Å²) in [5.74, 6) is -1.16. The van der Waals surface area contributed by atoms with Crippen LogP contribution < -0.4 is 5.32 Å². The van der Waals surface area contributed by atoms with Crippen LogP contribution in [0.1, 0.15) is 36.3 Å². The maximum atomic E-state index is 11.9. The highest BCUT2D eigenvalue weighted by atomic mass is 16.4. The van der Waals surface area contributed by atoms with E-state index < -0.39 is 5.97 Å². The molecule has 3 N–H and O–H groups in total. The van der Waals surface area contributed by atoms with Crippen molar-refractivity contribution in [2.45, 2.75) is 33.2 Å². The van der Waals surface area contributed by atoms with Gasteiger partial charge in [-0.3, -0.25) is 14.7 Å². The minimum Gasteiger partial charge on any atom is -0.481 e. The highest BCUT2D eigenvalue weighted by Gasteiger charge is 2.21. The summed E-state index contributed by atoms with van der Waals surface area (Å²) in [5, 5.41) is 17.9. The van der Waals surface area contributed by atoms with Gasteiger partial charge in [-0.25, -0.2) is 0 Å². The van der Waals surface area contributed by atoms with E-state index in [0.717, 1.165) is 0 Å². The fraction of sp³-hybridized carbons (Fsp3) is 0.545. The molecule has 94 valence electrons. The molecule has 0 bridgehead atoms. The molecule has 1 unspecified atom stereocenters. The number of carboxylic acid groups (broad SMARTS) is 1. The maximum absolute atomic E-state index is 11.9. The van der Waals surface area contributed by atoms with E-state index in [0.29, 0.717) is 11.3 Å². The molecule has 0 aliphatic rings. The number of aryl methyl sites for hydroxylation is 1. The van der Waals surface area contributed by atoms with E-state index in [9.17, 15) is 9.59 Å². The second kappa shape index (κ2) is 5.47. The SMILES string of the molecule is Cc1[nH]ncc1C(=O)NC(CC(=O)O)C(C)C. The summed E-state index contributed by atoms with van der Waals surface area (Å²) in [7, 11) is 0. The average molecular weight is 239 g/mol. The second-order valence-electron chi connectivity index (χ2n) is 4.33. The number of aliphatic carboxylic acids is 1. The fourth-order valence-electron chi connectivity index (χ4n) is 1.47.